The van der Waals surface area contributed by atoms with Gasteiger partial charge in [0.25, 0.3) is 5.91 Å². The minimum Gasteiger partial charge on any atom is -0.341 e. The van der Waals surface area contributed by atoms with Gasteiger partial charge >= 0.3 is 0 Å². The zero-order valence-electron chi connectivity index (χ0n) is 23.6. The second-order valence-corrected chi connectivity index (χ2v) is 12.8. The van der Waals surface area contributed by atoms with E-state index in [2.05, 4.69) is 16.7 Å². The Bertz CT molecular complexity index is 1450. The molecule has 2 N–H and O–H groups in total. The van der Waals surface area contributed by atoms with E-state index in [-0.39, 0.29) is 34.9 Å². The molecular formula is C30H33Cl2N5O4. The van der Waals surface area contributed by atoms with Crippen LogP contribution in [-0.4, -0.2) is 65.1 Å². The number of rotatable bonds is 6. The average Bonchev–Trinajstić information content (AvgIpc) is 3.44. The third kappa shape index (κ3) is 5.90. The number of nitrogens with one attached hydrogen (secondary N) is 2. The Kier molecular flexibility index (Phi) is 8.40. The van der Waals surface area contributed by atoms with Gasteiger partial charge in [0.15, 0.2) is 0 Å². The smallest absolute Gasteiger partial charge is 0.251 e. The van der Waals surface area contributed by atoms with Crippen molar-refractivity contribution in [1.82, 2.24) is 15.1 Å². The van der Waals surface area contributed by atoms with E-state index in [4.69, 9.17) is 23.2 Å². The lowest BCUT2D eigenvalue weighted by Gasteiger charge is -2.36. The van der Waals surface area contributed by atoms with Crippen molar-refractivity contribution in [1.29, 1.82) is 5.26 Å². The van der Waals surface area contributed by atoms with Gasteiger partial charge in [0.1, 0.15) is 18.1 Å². The molecular weight excluding hydrogens is 565 g/mol. The molecule has 4 atom stereocenters. The summed E-state index contributed by atoms with van der Waals surface area (Å²) in [5.74, 6) is -1.66. The van der Waals surface area contributed by atoms with E-state index < -0.39 is 41.3 Å². The number of hydrogen-bond donors (Lipinski definition) is 2. The maximum atomic E-state index is 14.2. The normalized spacial score (nSPS) is 21.1. The fourth-order valence-electron chi connectivity index (χ4n) is 5.59. The fourth-order valence-corrected chi connectivity index (χ4v) is 5.88. The van der Waals surface area contributed by atoms with E-state index >= 15 is 0 Å². The van der Waals surface area contributed by atoms with Gasteiger partial charge in [0.2, 0.25) is 17.7 Å². The molecule has 2 heterocycles. The third-order valence-electron chi connectivity index (χ3n) is 7.72. The van der Waals surface area contributed by atoms with Gasteiger partial charge in [0, 0.05) is 31.3 Å². The minimum absolute atomic E-state index is 0.0270. The molecule has 0 aliphatic carbocycles. The predicted molar refractivity (Wildman–Crippen MR) is 157 cm³/mol. The van der Waals surface area contributed by atoms with Gasteiger partial charge in [-0.2, -0.15) is 5.26 Å². The number of nitrogens with zero attached hydrogens (tertiary/aromatic N) is 3. The maximum absolute atomic E-state index is 14.2. The number of carbonyl (C=O) groups excluding carboxylic acids is 4. The van der Waals surface area contributed by atoms with E-state index in [1.54, 1.807) is 6.07 Å². The van der Waals surface area contributed by atoms with Crippen molar-refractivity contribution in [2.45, 2.75) is 64.1 Å². The first-order chi connectivity index (χ1) is 19.2. The SMILES string of the molecule is C[C@H](NC(=O)c1ccc(Cl)c(Cl)c1)C(=O)N(C)[C@@H](CC(C)(C)C)C(=O)N1C[C@]2(C[C@H]1C#N)C(=O)Nc1ccccc12. The van der Waals surface area contributed by atoms with Gasteiger partial charge in [-0.3, -0.25) is 19.2 Å². The van der Waals surface area contributed by atoms with Crippen LogP contribution >= 0.6 is 23.2 Å². The van der Waals surface area contributed by atoms with Crippen LogP contribution in [0, 0.1) is 16.7 Å². The number of hydrogen-bond acceptors (Lipinski definition) is 5. The largest absolute Gasteiger partial charge is 0.341 e. The third-order valence-corrected chi connectivity index (χ3v) is 8.46. The molecule has 2 aliphatic rings. The molecule has 0 unspecified atom stereocenters. The van der Waals surface area contributed by atoms with Gasteiger partial charge in [-0.15, -0.1) is 0 Å². The number of para-hydroxylation sites is 1. The van der Waals surface area contributed by atoms with Gasteiger partial charge in [-0.05, 0) is 48.6 Å². The Balaban J connectivity index is 1.58. The molecule has 1 spiro atoms. The lowest BCUT2D eigenvalue weighted by molar-refractivity contribution is -0.146. The van der Waals surface area contributed by atoms with Crippen LogP contribution in [0.4, 0.5) is 5.69 Å². The number of amides is 4. The molecule has 216 valence electrons. The summed E-state index contributed by atoms with van der Waals surface area (Å²) in [6, 6.07) is 11.1. The molecule has 2 aromatic carbocycles. The van der Waals surface area contributed by atoms with Crippen LogP contribution in [0.15, 0.2) is 42.5 Å². The van der Waals surface area contributed by atoms with Gasteiger partial charge < -0.3 is 20.4 Å². The number of likely N-dealkylation sites (N-methyl/N-ethyl adjacent to an activating group) is 1. The molecule has 0 saturated carbocycles. The van der Waals surface area contributed by atoms with Crippen molar-refractivity contribution in [2.24, 2.45) is 5.41 Å². The predicted octanol–water partition coefficient (Wildman–Crippen LogP) is 4.39. The Labute approximate surface area is 249 Å². The molecule has 0 radical (unpaired) electrons. The van der Waals surface area contributed by atoms with Gasteiger partial charge in [0.05, 0.1) is 21.5 Å². The first kappa shape index (κ1) is 30.4. The van der Waals surface area contributed by atoms with Crippen molar-refractivity contribution in [3.63, 3.8) is 0 Å². The monoisotopic (exact) mass is 597 g/mol. The topological polar surface area (TPSA) is 123 Å². The Morgan fingerprint density at radius 3 is 2.51 bits per heavy atom. The first-order valence-corrected chi connectivity index (χ1v) is 14.1. The van der Waals surface area contributed by atoms with Crippen LogP contribution in [0.1, 0.15) is 56.5 Å². The Morgan fingerprint density at radius 2 is 1.88 bits per heavy atom. The second kappa shape index (κ2) is 11.3. The highest BCUT2D eigenvalue weighted by molar-refractivity contribution is 6.42. The van der Waals surface area contributed by atoms with Crippen molar-refractivity contribution >= 4 is 52.5 Å². The molecule has 9 nitrogen and oxygen atoms in total. The summed E-state index contributed by atoms with van der Waals surface area (Å²) in [7, 11) is 1.52. The summed E-state index contributed by atoms with van der Waals surface area (Å²) < 4.78 is 0. The van der Waals surface area contributed by atoms with Crippen LogP contribution in [0.25, 0.3) is 0 Å². The number of likely N-dealkylation sites (tertiary alicyclic amines) is 1. The van der Waals surface area contributed by atoms with Gasteiger partial charge in [-0.1, -0.05) is 62.2 Å². The molecule has 0 bridgehead atoms. The standard InChI is InChI=1S/C30H33Cl2N5O4/c1-17(34-25(38)18-10-11-21(31)22(32)12-18)26(39)36(5)24(14-29(2,3)4)27(40)37-16-30(13-19(37)15-33)20-8-6-7-9-23(20)35-28(30)41/h6-12,17,19,24H,13-14,16H2,1-5H3,(H,34,38)(H,35,41)/t17-,19-,24-,30-/m0/s1. The summed E-state index contributed by atoms with van der Waals surface area (Å²) >= 11 is 12.0. The van der Waals surface area contributed by atoms with Crippen LogP contribution in [0.5, 0.6) is 0 Å². The van der Waals surface area contributed by atoms with Crippen LogP contribution in [0.2, 0.25) is 10.0 Å². The number of nitriles is 1. The van der Waals surface area contributed by atoms with Gasteiger partial charge in [-0.25, -0.2) is 0 Å². The van der Waals surface area contributed by atoms with Crippen LogP contribution in [-0.2, 0) is 19.8 Å². The van der Waals surface area contributed by atoms with E-state index in [0.29, 0.717) is 17.1 Å². The Hall–Kier alpha value is -3.61. The van der Waals surface area contributed by atoms with E-state index in [1.165, 1.54) is 42.0 Å². The Morgan fingerprint density at radius 1 is 1.20 bits per heavy atom. The lowest BCUT2D eigenvalue weighted by Crippen LogP contribution is -2.56. The van der Waals surface area contributed by atoms with Crippen LogP contribution < -0.4 is 10.6 Å². The summed E-state index contributed by atoms with van der Waals surface area (Å²) in [4.78, 5) is 56.5. The molecule has 2 aromatic rings. The fraction of sp³-hybridized carbons (Fsp3) is 0.433. The highest BCUT2D eigenvalue weighted by atomic mass is 35.5. The zero-order valence-corrected chi connectivity index (χ0v) is 25.1. The molecule has 1 saturated heterocycles. The minimum atomic E-state index is -1.04. The zero-order chi connectivity index (χ0) is 30.3. The highest BCUT2D eigenvalue weighted by Crippen LogP contribution is 2.46. The van der Waals surface area contributed by atoms with Crippen molar-refractivity contribution in [3.8, 4) is 6.07 Å². The highest BCUT2D eigenvalue weighted by Gasteiger charge is 2.56. The summed E-state index contributed by atoms with van der Waals surface area (Å²) in [6.07, 6.45) is 0.458. The van der Waals surface area contributed by atoms with Crippen LogP contribution in [0.3, 0.4) is 0 Å². The molecule has 11 heteroatoms. The summed E-state index contributed by atoms with van der Waals surface area (Å²) in [6.45, 7) is 7.42. The molecule has 2 aliphatic heterocycles. The lowest BCUT2D eigenvalue weighted by atomic mass is 9.80. The quantitative estimate of drug-likeness (QED) is 0.511. The first-order valence-electron chi connectivity index (χ1n) is 13.3. The number of benzene rings is 2. The molecule has 1 fully saturated rings. The molecule has 4 amide bonds. The average molecular weight is 599 g/mol. The number of carbonyl (C=O) groups is 4. The van der Waals surface area contributed by atoms with E-state index in [9.17, 15) is 24.4 Å². The summed E-state index contributed by atoms with van der Waals surface area (Å²) in [5.41, 5.74) is 0.268. The number of halogens is 2. The second-order valence-electron chi connectivity index (χ2n) is 12.0. The number of fused-ring (bicyclic) bond motifs is 2. The molecule has 41 heavy (non-hydrogen) atoms. The molecule has 0 aromatic heterocycles. The van der Waals surface area contributed by atoms with E-state index in [0.717, 1.165) is 5.56 Å². The van der Waals surface area contributed by atoms with Crippen molar-refractivity contribution in [2.75, 3.05) is 18.9 Å². The van der Waals surface area contributed by atoms with Crippen molar-refractivity contribution < 1.29 is 19.2 Å². The number of anilines is 1. The molecule has 4 rings (SSSR count). The maximum Gasteiger partial charge on any atom is 0.251 e. The van der Waals surface area contributed by atoms with Crippen molar-refractivity contribution in [3.05, 3.63) is 63.6 Å². The summed E-state index contributed by atoms with van der Waals surface area (Å²) in [5, 5.41) is 16.1. The van der Waals surface area contributed by atoms with E-state index in [1.807, 2.05) is 39.0 Å².